The number of unbranched alkanes of at least 4 members (excludes halogenated alkanes) is 1. The third-order valence-electron chi connectivity index (χ3n) is 3.32. The van der Waals surface area contributed by atoms with Gasteiger partial charge in [0.1, 0.15) is 4.88 Å². The SMILES string of the molecule is CCCCNC(=O)c1sc(NC(=O)Nc2cccc(C)c2)nc1C. The van der Waals surface area contributed by atoms with Gasteiger partial charge in [-0.05, 0) is 38.0 Å². The molecule has 1 aromatic heterocycles. The second-order valence-corrected chi connectivity index (χ2v) is 6.49. The molecule has 0 unspecified atom stereocenters. The van der Waals surface area contributed by atoms with E-state index in [9.17, 15) is 9.59 Å². The molecule has 0 saturated carbocycles. The van der Waals surface area contributed by atoms with E-state index < -0.39 is 0 Å². The molecule has 128 valence electrons. The van der Waals surface area contributed by atoms with Crippen LogP contribution in [0.25, 0.3) is 0 Å². The first kappa shape index (κ1) is 17.9. The van der Waals surface area contributed by atoms with Crippen LogP contribution < -0.4 is 16.0 Å². The number of aromatic nitrogens is 1. The quantitative estimate of drug-likeness (QED) is 0.693. The lowest BCUT2D eigenvalue weighted by Crippen LogP contribution is -2.24. The summed E-state index contributed by atoms with van der Waals surface area (Å²) in [6.07, 6.45) is 1.96. The summed E-state index contributed by atoms with van der Waals surface area (Å²) in [5.41, 5.74) is 2.38. The lowest BCUT2D eigenvalue weighted by Gasteiger charge is -2.05. The number of thiazole rings is 1. The Bertz CT molecular complexity index is 727. The second-order valence-electron chi connectivity index (χ2n) is 5.49. The maximum absolute atomic E-state index is 12.1. The van der Waals surface area contributed by atoms with Crippen molar-refractivity contribution in [3.63, 3.8) is 0 Å². The topological polar surface area (TPSA) is 83.1 Å². The van der Waals surface area contributed by atoms with Crippen molar-refractivity contribution in [1.82, 2.24) is 10.3 Å². The van der Waals surface area contributed by atoms with Gasteiger partial charge in [-0.25, -0.2) is 9.78 Å². The zero-order chi connectivity index (χ0) is 17.5. The molecule has 2 rings (SSSR count). The molecule has 24 heavy (non-hydrogen) atoms. The number of urea groups is 1. The molecule has 0 aliphatic heterocycles. The number of hydrogen-bond donors (Lipinski definition) is 3. The molecular weight excluding hydrogens is 324 g/mol. The number of carbonyl (C=O) groups excluding carboxylic acids is 2. The highest BCUT2D eigenvalue weighted by atomic mass is 32.1. The highest BCUT2D eigenvalue weighted by Gasteiger charge is 2.16. The summed E-state index contributed by atoms with van der Waals surface area (Å²) in [7, 11) is 0. The number of aryl methyl sites for hydroxylation is 2. The fourth-order valence-corrected chi connectivity index (χ4v) is 2.98. The minimum atomic E-state index is -0.382. The minimum Gasteiger partial charge on any atom is -0.351 e. The first-order chi connectivity index (χ1) is 11.5. The second kappa shape index (κ2) is 8.44. The number of benzene rings is 1. The van der Waals surface area contributed by atoms with E-state index in [1.807, 2.05) is 31.2 Å². The van der Waals surface area contributed by atoms with Crippen molar-refractivity contribution in [3.05, 3.63) is 40.4 Å². The van der Waals surface area contributed by atoms with Crippen LogP contribution in [0, 0.1) is 13.8 Å². The summed E-state index contributed by atoms with van der Waals surface area (Å²) < 4.78 is 0. The first-order valence-corrected chi connectivity index (χ1v) is 8.71. The van der Waals surface area contributed by atoms with Crippen molar-refractivity contribution in [3.8, 4) is 0 Å². The molecule has 3 amide bonds. The third kappa shape index (κ3) is 5.06. The molecule has 1 aromatic carbocycles. The Balaban J connectivity index is 1.96. The smallest absolute Gasteiger partial charge is 0.325 e. The summed E-state index contributed by atoms with van der Waals surface area (Å²) in [4.78, 5) is 28.9. The molecule has 6 nitrogen and oxygen atoms in total. The lowest BCUT2D eigenvalue weighted by molar-refractivity contribution is 0.0956. The van der Waals surface area contributed by atoms with Crippen molar-refractivity contribution in [2.45, 2.75) is 33.6 Å². The molecule has 0 bridgehead atoms. The van der Waals surface area contributed by atoms with Crippen LogP contribution in [0.1, 0.15) is 40.7 Å². The van der Waals surface area contributed by atoms with Gasteiger partial charge >= 0.3 is 6.03 Å². The van der Waals surface area contributed by atoms with Crippen LogP contribution in [-0.2, 0) is 0 Å². The number of nitrogens with one attached hydrogen (secondary N) is 3. The van der Waals surface area contributed by atoms with Crippen molar-refractivity contribution in [1.29, 1.82) is 0 Å². The van der Waals surface area contributed by atoms with Gasteiger partial charge in [0.2, 0.25) is 0 Å². The summed E-state index contributed by atoms with van der Waals surface area (Å²) in [5, 5.41) is 8.68. The monoisotopic (exact) mass is 346 g/mol. The lowest BCUT2D eigenvalue weighted by atomic mass is 10.2. The molecule has 0 radical (unpaired) electrons. The van der Waals surface area contributed by atoms with E-state index in [1.165, 1.54) is 11.3 Å². The van der Waals surface area contributed by atoms with E-state index in [2.05, 4.69) is 27.9 Å². The summed E-state index contributed by atoms with van der Waals surface area (Å²) in [6, 6.07) is 7.13. The number of anilines is 2. The Labute approximate surface area is 145 Å². The van der Waals surface area contributed by atoms with Crippen LogP contribution in [-0.4, -0.2) is 23.5 Å². The van der Waals surface area contributed by atoms with Crippen LogP contribution in [0.2, 0.25) is 0 Å². The van der Waals surface area contributed by atoms with Gasteiger partial charge in [0.25, 0.3) is 5.91 Å². The van der Waals surface area contributed by atoms with E-state index in [4.69, 9.17) is 0 Å². The van der Waals surface area contributed by atoms with Gasteiger partial charge < -0.3 is 10.6 Å². The highest BCUT2D eigenvalue weighted by molar-refractivity contribution is 7.17. The van der Waals surface area contributed by atoms with Crippen LogP contribution in [0.5, 0.6) is 0 Å². The highest BCUT2D eigenvalue weighted by Crippen LogP contribution is 2.22. The van der Waals surface area contributed by atoms with Gasteiger partial charge in [-0.15, -0.1) is 0 Å². The standard InChI is InChI=1S/C17H22N4O2S/c1-4-5-9-18-15(22)14-12(3)19-17(24-14)21-16(23)20-13-8-6-7-11(2)10-13/h6-8,10H,4-5,9H2,1-3H3,(H,18,22)(H2,19,20,21,23). The molecule has 0 fully saturated rings. The van der Waals surface area contributed by atoms with E-state index in [0.29, 0.717) is 27.9 Å². The van der Waals surface area contributed by atoms with Crippen molar-refractivity contribution < 1.29 is 9.59 Å². The Hall–Kier alpha value is -2.41. The third-order valence-corrected chi connectivity index (χ3v) is 4.39. The van der Waals surface area contributed by atoms with Crippen molar-refractivity contribution in [2.75, 3.05) is 17.2 Å². The normalized spacial score (nSPS) is 10.3. The van der Waals surface area contributed by atoms with Crippen LogP contribution in [0.3, 0.4) is 0 Å². The average molecular weight is 346 g/mol. The zero-order valence-corrected chi connectivity index (χ0v) is 14.9. The van der Waals surface area contributed by atoms with E-state index in [1.54, 1.807) is 6.92 Å². The molecular formula is C17H22N4O2S. The van der Waals surface area contributed by atoms with E-state index >= 15 is 0 Å². The Morgan fingerprint density at radius 2 is 2.00 bits per heavy atom. The van der Waals surface area contributed by atoms with E-state index in [-0.39, 0.29) is 11.9 Å². The van der Waals surface area contributed by atoms with Gasteiger partial charge in [0.05, 0.1) is 5.69 Å². The van der Waals surface area contributed by atoms with Crippen LogP contribution in [0.15, 0.2) is 24.3 Å². The van der Waals surface area contributed by atoms with Gasteiger partial charge in [-0.2, -0.15) is 0 Å². The van der Waals surface area contributed by atoms with Gasteiger partial charge in [0.15, 0.2) is 5.13 Å². The molecule has 0 aliphatic carbocycles. The Kier molecular flexibility index (Phi) is 6.31. The molecule has 7 heteroatoms. The number of carbonyl (C=O) groups is 2. The number of amides is 3. The predicted molar refractivity (Wildman–Crippen MR) is 97.9 cm³/mol. The zero-order valence-electron chi connectivity index (χ0n) is 14.1. The molecule has 0 saturated heterocycles. The largest absolute Gasteiger partial charge is 0.351 e. The van der Waals surface area contributed by atoms with Crippen LogP contribution in [0.4, 0.5) is 15.6 Å². The fourth-order valence-electron chi connectivity index (χ4n) is 2.10. The fraction of sp³-hybridized carbons (Fsp3) is 0.353. The van der Waals surface area contributed by atoms with E-state index in [0.717, 1.165) is 18.4 Å². The molecule has 3 N–H and O–H groups in total. The van der Waals surface area contributed by atoms with Crippen molar-refractivity contribution in [2.24, 2.45) is 0 Å². The predicted octanol–water partition coefficient (Wildman–Crippen LogP) is 3.93. The molecule has 0 atom stereocenters. The average Bonchev–Trinajstić information content (AvgIpc) is 2.87. The number of rotatable bonds is 6. The minimum absolute atomic E-state index is 0.148. The number of hydrogen-bond acceptors (Lipinski definition) is 4. The van der Waals surface area contributed by atoms with Crippen molar-refractivity contribution >= 4 is 34.1 Å². The summed E-state index contributed by atoms with van der Waals surface area (Å²) in [6.45, 7) is 6.42. The maximum Gasteiger partial charge on any atom is 0.325 e. The van der Waals surface area contributed by atoms with Crippen LogP contribution >= 0.6 is 11.3 Å². The number of nitrogens with zero attached hydrogens (tertiary/aromatic N) is 1. The van der Waals surface area contributed by atoms with Gasteiger partial charge in [-0.3, -0.25) is 10.1 Å². The molecule has 1 heterocycles. The molecule has 0 spiro atoms. The van der Waals surface area contributed by atoms with Gasteiger partial charge in [-0.1, -0.05) is 36.8 Å². The summed E-state index contributed by atoms with van der Waals surface area (Å²) >= 11 is 1.17. The summed E-state index contributed by atoms with van der Waals surface area (Å²) in [5.74, 6) is -0.148. The first-order valence-electron chi connectivity index (χ1n) is 7.90. The van der Waals surface area contributed by atoms with Gasteiger partial charge in [0, 0.05) is 12.2 Å². The Morgan fingerprint density at radius 3 is 2.71 bits per heavy atom. The maximum atomic E-state index is 12.1. The Morgan fingerprint density at radius 1 is 1.21 bits per heavy atom. The molecule has 2 aromatic rings. The molecule has 0 aliphatic rings.